The molecule has 2 N–H and O–H groups in total. The molecule has 162 valence electrons. The van der Waals surface area contributed by atoms with Gasteiger partial charge in [-0.15, -0.1) is 5.10 Å². The van der Waals surface area contributed by atoms with Gasteiger partial charge >= 0.3 is 0 Å². The van der Waals surface area contributed by atoms with E-state index >= 15 is 0 Å². The van der Waals surface area contributed by atoms with Crippen LogP contribution in [0.15, 0.2) is 83.3 Å². The Morgan fingerprint density at radius 1 is 1.09 bits per heavy atom. The summed E-state index contributed by atoms with van der Waals surface area (Å²) in [7, 11) is 0. The van der Waals surface area contributed by atoms with Crippen LogP contribution >= 0.6 is 0 Å². The lowest BCUT2D eigenvalue weighted by atomic mass is 10.0. The summed E-state index contributed by atoms with van der Waals surface area (Å²) in [5.41, 5.74) is 3.03. The third kappa shape index (κ3) is 4.13. The Morgan fingerprint density at radius 2 is 1.75 bits per heavy atom. The molecule has 0 bridgehead atoms. The third-order valence-electron chi connectivity index (χ3n) is 4.95. The molecular weight excluding hydrogens is 413 g/mol. The van der Waals surface area contributed by atoms with Crippen molar-refractivity contribution < 1.29 is 19.0 Å². The van der Waals surface area contributed by atoms with Crippen molar-refractivity contribution in [1.82, 2.24) is 15.4 Å². The lowest BCUT2D eigenvalue weighted by Gasteiger charge is -2.32. The Kier molecular flexibility index (Phi) is 5.55. The summed E-state index contributed by atoms with van der Waals surface area (Å²) in [6.07, 6.45) is 3.25. The molecule has 1 amide bonds. The van der Waals surface area contributed by atoms with Crippen LogP contribution in [0.4, 0.5) is 4.39 Å². The summed E-state index contributed by atoms with van der Waals surface area (Å²) in [6.45, 7) is 3.44. The molecule has 9 heteroatoms. The predicted octanol–water partition coefficient (Wildman–Crippen LogP) is 3.56. The highest BCUT2D eigenvalue weighted by molar-refractivity contribution is 5.98. The molecule has 3 aromatic rings. The molecule has 1 atom stereocenters. The van der Waals surface area contributed by atoms with Crippen LogP contribution in [0.25, 0.3) is 0 Å². The average Bonchev–Trinajstić information content (AvgIpc) is 3.17. The Balaban J connectivity index is 1.65. The topological polar surface area (TPSA) is 99.4 Å². The summed E-state index contributed by atoms with van der Waals surface area (Å²) in [5.74, 6) is -0.0925. The number of nitrogens with one attached hydrogen (secondary N) is 1. The van der Waals surface area contributed by atoms with Crippen LogP contribution in [0.3, 0.4) is 0 Å². The molecule has 4 rings (SSSR count). The first-order valence-electron chi connectivity index (χ1n) is 9.75. The van der Waals surface area contributed by atoms with Crippen LogP contribution in [0.5, 0.6) is 5.75 Å². The molecule has 1 aliphatic heterocycles. The van der Waals surface area contributed by atoms with E-state index in [0.717, 1.165) is 0 Å². The molecule has 0 aliphatic carbocycles. The van der Waals surface area contributed by atoms with Crippen molar-refractivity contribution in [3.8, 4) is 5.75 Å². The number of aromatic nitrogens is 1. The molecule has 0 radical (unpaired) electrons. The quantitative estimate of drug-likeness (QED) is 0.372. The zero-order valence-corrected chi connectivity index (χ0v) is 17.4. The number of amidine groups is 1. The van der Waals surface area contributed by atoms with Gasteiger partial charge in [0.2, 0.25) is 11.6 Å². The normalized spacial score (nSPS) is 18.2. The first-order chi connectivity index (χ1) is 15.4. The summed E-state index contributed by atoms with van der Waals surface area (Å²) in [6, 6.07) is 15.2. The van der Waals surface area contributed by atoms with Crippen molar-refractivity contribution in [3.63, 3.8) is 0 Å². The number of hydrogen-bond donors (Lipinski definition) is 2. The van der Waals surface area contributed by atoms with E-state index in [2.05, 4.69) is 20.6 Å². The Bertz CT molecular complexity index is 1180. The lowest BCUT2D eigenvalue weighted by molar-refractivity contribution is -0.0103. The number of carbonyl (C=O) groups excluding carboxylic acids is 1. The minimum absolute atomic E-state index is 0.0588. The molecule has 2 heterocycles. The second kappa shape index (κ2) is 8.46. The van der Waals surface area contributed by atoms with Crippen LogP contribution in [0.2, 0.25) is 0 Å². The molecule has 0 fully saturated rings. The molecule has 8 nitrogen and oxygen atoms in total. The van der Waals surface area contributed by atoms with Crippen molar-refractivity contribution in [2.75, 3.05) is 0 Å². The minimum atomic E-state index is -1.14. The van der Waals surface area contributed by atoms with Crippen LogP contribution in [-0.4, -0.2) is 32.7 Å². The maximum absolute atomic E-state index is 13.5. The fourth-order valence-electron chi connectivity index (χ4n) is 3.23. The van der Waals surface area contributed by atoms with Crippen molar-refractivity contribution in [2.45, 2.75) is 19.6 Å². The van der Waals surface area contributed by atoms with Gasteiger partial charge in [0.25, 0.3) is 5.91 Å². The molecule has 2 aromatic carbocycles. The first-order valence-corrected chi connectivity index (χ1v) is 9.75. The number of phenolic OH excluding ortho intramolecular Hbond substituents is 1. The standard InChI is InChI=1S/C23H20FN5O3/c1-15(26-27-21(31)16-3-9-20(30)10-4-16)29-23(2,18-5-7-19(24)8-6-18)32-22(28-29)17-11-13-25-14-12-17/h3-14,30H,1-2H3,(H,27,31)/b26-15+. The van der Waals surface area contributed by atoms with Crippen molar-refractivity contribution in [2.24, 2.45) is 10.2 Å². The Morgan fingerprint density at radius 3 is 2.41 bits per heavy atom. The van der Waals surface area contributed by atoms with E-state index < -0.39 is 11.6 Å². The van der Waals surface area contributed by atoms with Gasteiger partial charge in [0.05, 0.1) is 0 Å². The maximum Gasteiger partial charge on any atom is 0.271 e. The maximum atomic E-state index is 13.5. The minimum Gasteiger partial charge on any atom is -0.508 e. The van der Waals surface area contributed by atoms with Gasteiger partial charge in [-0.3, -0.25) is 9.78 Å². The SMILES string of the molecule is C/C(=N\NC(=O)c1ccc(O)cc1)N1N=C(c2ccncc2)OC1(C)c1ccc(F)cc1. The number of rotatable bonds is 4. The van der Waals surface area contributed by atoms with Gasteiger partial charge in [-0.05, 0) is 55.5 Å². The third-order valence-corrected chi connectivity index (χ3v) is 4.95. The number of nitrogens with zero attached hydrogens (tertiary/aromatic N) is 4. The number of halogens is 1. The average molecular weight is 433 g/mol. The smallest absolute Gasteiger partial charge is 0.271 e. The van der Waals surface area contributed by atoms with E-state index in [1.54, 1.807) is 50.5 Å². The van der Waals surface area contributed by atoms with E-state index in [4.69, 9.17) is 4.74 Å². The van der Waals surface area contributed by atoms with Crippen molar-refractivity contribution in [3.05, 3.63) is 95.6 Å². The van der Waals surface area contributed by atoms with Gasteiger partial charge in [-0.1, -0.05) is 12.1 Å². The summed E-state index contributed by atoms with van der Waals surface area (Å²) in [4.78, 5) is 16.4. The molecule has 0 saturated heterocycles. The summed E-state index contributed by atoms with van der Waals surface area (Å²) < 4.78 is 19.7. The van der Waals surface area contributed by atoms with Gasteiger partial charge < -0.3 is 9.84 Å². The largest absolute Gasteiger partial charge is 0.508 e. The summed E-state index contributed by atoms with van der Waals surface area (Å²) in [5, 5.41) is 19.6. The highest BCUT2D eigenvalue weighted by Crippen LogP contribution is 2.36. The Hall–Kier alpha value is -4.27. The van der Waals surface area contributed by atoms with Crippen LogP contribution in [0.1, 0.15) is 35.3 Å². The highest BCUT2D eigenvalue weighted by atomic mass is 19.1. The van der Waals surface area contributed by atoms with Gasteiger partial charge in [0, 0.05) is 36.0 Å². The van der Waals surface area contributed by atoms with Gasteiger partial charge in [0.1, 0.15) is 17.4 Å². The fraction of sp³-hybridized carbons (Fsp3) is 0.130. The molecule has 32 heavy (non-hydrogen) atoms. The molecule has 1 unspecified atom stereocenters. The number of carbonyl (C=O) groups is 1. The van der Waals surface area contributed by atoms with E-state index in [-0.39, 0.29) is 11.6 Å². The number of hydrazone groups is 2. The number of ether oxygens (including phenoxy) is 1. The Labute approximate surface area is 183 Å². The first kappa shape index (κ1) is 21.0. The van der Waals surface area contributed by atoms with Crippen LogP contribution in [0, 0.1) is 5.82 Å². The zero-order valence-electron chi connectivity index (χ0n) is 17.4. The van der Waals surface area contributed by atoms with Crippen molar-refractivity contribution in [1.29, 1.82) is 0 Å². The number of amides is 1. The van der Waals surface area contributed by atoms with Crippen LogP contribution < -0.4 is 5.43 Å². The fourth-order valence-corrected chi connectivity index (χ4v) is 3.23. The second-order valence-electron chi connectivity index (χ2n) is 7.19. The van der Waals surface area contributed by atoms with E-state index in [0.29, 0.717) is 28.4 Å². The highest BCUT2D eigenvalue weighted by Gasteiger charge is 2.44. The van der Waals surface area contributed by atoms with Gasteiger partial charge in [0.15, 0.2) is 0 Å². The van der Waals surface area contributed by atoms with Gasteiger partial charge in [-0.2, -0.15) is 5.10 Å². The zero-order chi connectivity index (χ0) is 22.7. The van der Waals surface area contributed by atoms with Gasteiger partial charge in [-0.25, -0.2) is 14.8 Å². The van der Waals surface area contributed by atoms with E-state index in [1.807, 2.05) is 0 Å². The van der Waals surface area contributed by atoms with Crippen LogP contribution in [-0.2, 0) is 10.5 Å². The lowest BCUT2D eigenvalue weighted by Crippen LogP contribution is -2.42. The van der Waals surface area contributed by atoms with Crippen molar-refractivity contribution >= 4 is 17.6 Å². The molecule has 0 saturated carbocycles. The monoisotopic (exact) mass is 433 g/mol. The molecule has 0 spiro atoms. The molecule has 1 aliphatic rings. The summed E-state index contributed by atoms with van der Waals surface area (Å²) >= 11 is 0. The molecular formula is C23H20FN5O3. The number of hydrogen-bond acceptors (Lipinski definition) is 6. The van der Waals surface area contributed by atoms with E-state index in [9.17, 15) is 14.3 Å². The molecule has 1 aromatic heterocycles. The van der Waals surface area contributed by atoms with E-state index in [1.165, 1.54) is 41.4 Å². The number of benzene rings is 2. The number of pyridine rings is 1. The number of aromatic hydroxyl groups is 1. The second-order valence-corrected chi connectivity index (χ2v) is 7.19. The number of phenols is 1. The predicted molar refractivity (Wildman–Crippen MR) is 116 cm³/mol.